The maximum absolute atomic E-state index is 12.0. The lowest BCUT2D eigenvalue weighted by Gasteiger charge is -2.12. The Balaban J connectivity index is 2.24. The Hall–Kier alpha value is -2.58. The van der Waals surface area contributed by atoms with Crippen LogP contribution in [0, 0.1) is 11.8 Å². The number of nitrogens with zero attached hydrogens (tertiary/aromatic N) is 3. The first kappa shape index (κ1) is 14.8. The molecule has 1 heterocycles. The third kappa shape index (κ3) is 3.94. The molecule has 2 N–H and O–H groups in total. The van der Waals surface area contributed by atoms with Crippen molar-refractivity contribution in [2.75, 3.05) is 25.5 Å². The van der Waals surface area contributed by atoms with Crippen LogP contribution < -0.4 is 16.2 Å². The molecule has 5 heteroatoms. The van der Waals surface area contributed by atoms with E-state index in [1.807, 2.05) is 43.3 Å². The molecule has 1 aromatic heterocycles. The minimum absolute atomic E-state index is 0.125. The largest absolute Gasteiger partial charge is 0.376 e. The van der Waals surface area contributed by atoms with Gasteiger partial charge < -0.3 is 10.6 Å². The molecule has 1 aromatic carbocycles. The summed E-state index contributed by atoms with van der Waals surface area (Å²) in [6, 6.07) is 9.29. The third-order valence-electron chi connectivity index (χ3n) is 2.97. The van der Waals surface area contributed by atoms with Gasteiger partial charge in [0.25, 0.3) is 5.56 Å². The SMILES string of the molecule is CN(C)c1cnn(Cc2cccc(C#CCN)c2)c(=O)c1. The number of rotatable bonds is 3. The van der Waals surface area contributed by atoms with Crippen molar-refractivity contribution in [2.24, 2.45) is 5.73 Å². The van der Waals surface area contributed by atoms with Gasteiger partial charge in [0.2, 0.25) is 0 Å². The van der Waals surface area contributed by atoms with Gasteiger partial charge in [0.1, 0.15) is 0 Å². The average Bonchev–Trinajstić information content (AvgIpc) is 2.47. The first-order valence-corrected chi connectivity index (χ1v) is 6.62. The van der Waals surface area contributed by atoms with Crippen LogP contribution in [0.1, 0.15) is 11.1 Å². The van der Waals surface area contributed by atoms with Crippen LogP contribution in [0.5, 0.6) is 0 Å². The molecule has 0 atom stereocenters. The van der Waals surface area contributed by atoms with Gasteiger partial charge in [-0.3, -0.25) is 4.79 Å². The molecule has 0 bridgehead atoms. The van der Waals surface area contributed by atoms with Crippen LogP contribution in [-0.2, 0) is 6.54 Å². The highest BCUT2D eigenvalue weighted by atomic mass is 16.1. The summed E-state index contributed by atoms with van der Waals surface area (Å²) in [6.45, 7) is 0.752. The van der Waals surface area contributed by atoms with Crippen molar-refractivity contribution in [1.29, 1.82) is 0 Å². The second kappa shape index (κ2) is 6.73. The highest BCUT2D eigenvalue weighted by Gasteiger charge is 2.03. The van der Waals surface area contributed by atoms with Crippen molar-refractivity contribution in [3.05, 3.63) is 58.0 Å². The maximum atomic E-state index is 12.0. The fourth-order valence-corrected chi connectivity index (χ4v) is 1.86. The maximum Gasteiger partial charge on any atom is 0.269 e. The summed E-state index contributed by atoms with van der Waals surface area (Å²) in [5.74, 6) is 5.79. The van der Waals surface area contributed by atoms with Gasteiger partial charge in [0, 0.05) is 25.7 Å². The van der Waals surface area contributed by atoms with Gasteiger partial charge in [-0.25, -0.2) is 4.68 Å². The molecular formula is C16H18N4O. The summed E-state index contributed by atoms with van der Waals surface area (Å²) in [4.78, 5) is 13.9. The van der Waals surface area contributed by atoms with Gasteiger partial charge in [0.15, 0.2) is 0 Å². The van der Waals surface area contributed by atoms with Gasteiger partial charge in [-0.2, -0.15) is 5.10 Å². The van der Waals surface area contributed by atoms with Crippen LogP contribution >= 0.6 is 0 Å². The Labute approximate surface area is 124 Å². The van der Waals surface area contributed by atoms with Gasteiger partial charge in [-0.15, -0.1) is 0 Å². The van der Waals surface area contributed by atoms with E-state index in [1.54, 1.807) is 12.3 Å². The van der Waals surface area contributed by atoms with E-state index in [0.717, 1.165) is 16.8 Å². The summed E-state index contributed by atoms with van der Waals surface area (Å²) in [6.07, 6.45) is 1.68. The van der Waals surface area contributed by atoms with Gasteiger partial charge in [-0.1, -0.05) is 24.0 Å². The summed E-state index contributed by atoms with van der Waals surface area (Å²) in [5.41, 5.74) is 7.89. The van der Waals surface area contributed by atoms with Crippen LogP contribution in [-0.4, -0.2) is 30.4 Å². The average molecular weight is 282 g/mol. The topological polar surface area (TPSA) is 64.2 Å². The van der Waals surface area contributed by atoms with Gasteiger partial charge in [-0.05, 0) is 17.7 Å². The molecule has 0 fully saturated rings. The zero-order valence-electron chi connectivity index (χ0n) is 12.2. The zero-order valence-corrected chi connectivity index (χ0v) is 12.2. The van der Waals surface area contributed by atoms with E-state index in [9.17, 15) is 4.79 Å². The molecular weight excluding hydrogens is 264 g/mol. The van der Waals surface area contributed by atoms with E-state index in [4.69, 9.17) is 5.73 Å². The molecule has 0 aliphatic heterocycles. The third-order valence-corrected chi connectivity index (χ3v) is 2.97. The minimum Gasteiger partial charge on any atom is -0.376 e. The predicted molar refractivity (Wildman–Crippen MR) is 84.3 cm³/mol. The second-order valence-electron chi connectivity index (χ2n) is 4.81. The highest BCUT2D eigenvalue weighted by Crippen LogP contribution is 2.07. The minimum atomic E-state index is -0.125. The summed E-state index contributed by atoms with van der Waals surface area (Å²) in [7, 11) is 3.75. The molecule has 0 spiro atoms. The summed E-state index contributed by atoms with van der Waals surface area (Å²) in [5, 5.41) is 4.19. The number of hydrogen-bond acceptors (Lipinski definition) is 4. The lowest BCUT2D eigenvalue weighted by Crippen LogP contribution is -2.24. The lowest BCUT2D eigenvalue weighted by molar-refractivity contribution is 0.638. The summed E-state index contributed by atoms with van der Waals surface area (Å²) >= 11 is 0. The first-order chi connectivity index (χ1) is 10.1. The van der Waals surface area contributed by atoms with Crippen LogP contribution in [0.25, 0.3) is 0 Å². The standard InChI is InChI=1S/C16H18N4O/c1-19(2)15-10-16(21)20(18-11-15)12-14-6-3-5-13(9-14)7-4-8-17/h3,5-6,9-11H,8,12,17H2,1-2H3. The Morgan fingerprint density at radius 1 is 1.33 bits per heavy atom. The van der Waals surface area contributed by atoms with E-state index in [2.05, 4.69) is 16.9 Å². The number of nitrogens with two attached hydrogens (primary N) is 1. The van der Waals surface area contributed by atoms with Crippen LogP contribution in [0.3, 0.4) is 0 Å². The highest BCUT2D eigenvalue weighted by molar-refractivity contribution is 5.41. The van der Waals surface area contributed by atoms with Gasteiger partial charge in [0.05, 0.1) is 25.0 Å². The van der Waals surface area contributed by atoms with Crippen molar-refractivity contribution in [3.63, 3.8) is 0 Å². The number of hydrogen-bond donors (Lipinski definition) is 1. The Kier molecular flexibility index (Phi) is 4.75. The van der Waals surface area contributed by atoms with Crippen LogP contribution in [0.15, 0.2) is 41.3 Å². The monoisotopic (exact) mass is 282 g/mol. The van der Waals surface area contributed by atoms with Crippen molar-refractivity contribution in [3.8, 4) is 11.8 Å². The van der Waals surface area contributed by atoms with Crippen molar-refractivity contribution < 1.29 is 0 Å². The quantitative estimate of drug-likeness (QED) is 0.840. The molecule has 108 valence electrons. The number of anilines is 1. The molecule has 0 amide bonds. The molecule has 5 nitrogen and oxygen atoms in total. The van der Waals surface area contributed by atoms with Crippen molar-refractivity contribution in [2.45, 2.75) is 6.54 Å². The Bertz CT molecular complexity index is 738. The second-order valence-corrected chi connectivity index (χ2v) is 4.81. The molecule has 2 rings (SSSR count). The van der Waals surface area contributed by atoms with E-state index in [-0.39, 0.29) is 5.56 Å². The molecule has 21 heavy (non-hydrogen) atoms. The predicted octanol–water partition coefficient (Wildman–Crippen LogP) is 0.668. The Morgan fingerprint density at radius 3 is 2.81 bits per heavy atom. The molecule has 0 aliphatic rings. The molecule has 0 saturated heterocycles. The Morgan fingerprint density at radius 2 is 2.14 bits per heavy atom. The molecule has 0 aliphatic carbocycles. The molecule has 2 aromatic rings. The summed E-state index contributed by atoms with van der Waals surface area (Å²) < 4.78 is 1.43. The van der Waals surface area contributed by atoms with Crippen LogP contribution in [0.2, 0.25) is 0 Å². The van der Waals surface area contributed by atoms with E-state index < -0.39 is 0 Å². The first-order valence-electron chi connectivity index (χ1n) is 6.62. The van der Waals surface area contributed by atoms with Crippen LogP contribution in [0.4, 0.5) is 5.69 Å². The van der Waals surface area contributed by atoms with Crippen molar-refractivity contribution in [1.82, 2.24) is 9.78 Å². The smallest absolute Gasteiger partial charge is 0.269 e. The molecule has 0 radical (unpaired) electrons. The molecule has 0 saturated carbocycles. The fourth-order valence-electron chi connectivity index (χ4n) is 1.86. The van der Waals surface area contributed by atoms with E-state index in [1.165, 1.54) is 4.68 Å². The van der Waals surface area contributed by atoms with E-state index >= 15 is 0 Å². The lowest BCUT2D eigenvalue weighted by atomic mass is 10.1. The fraction of sp³-hybridized carbons (Fsp3) is 0.250. The number of benzene rings is 1. The molecule has 0 unspecified atom stereocenters. The van der Waals surface area contributed by atoms with E-state index in [0.29, 0.717) is 13.1 Å². The number of aromatic nitrogens is 2. The van der Waals surface area contributed by atoms with Crippen molar-refractivity contribution >= 4 is 5.69 Å². The van der Waals surface area contributed by atoms with Gasteiger partial charge >= 0.3 is 0 Å². The zero-order chi connectivity index (χ0) is 15.2. The normalized spacial score (nSPS) is 9.86.